The topological polar surface area (TPSA) is 34.0 Å². The van der Waals surface area contributed by atoms with Crippen LogP contribution in [0.5, 0.6) is 0 Å². The van der Waals surface area contributed by atoms with E-state index >= 15 is 0 Å². The smallest absolute Gasteiger partial charge is 0.183 e. The second kappa shape index (κ2) is 6.79. The van der Waals surface area contributed by atoms with Gasteiger partial charge in [0.15, 0.2) is 5.78 Å². The fourth-order valence-electron chi connectivity index (χ4n) is 3.26. The molecule has 0 amide bonds. The summed E-state index contributed by atoms with van der Waals surface area (Å²) in [5.74, 6) is 0.0843. The molecule has 0 unspecified atom stereocenters. The van der Waals surface area contributed by atoms with Crippen LogP contribution in [-0.4, -0.2) is 16.9 Å². The van der Waals surface area contributed by atoms with Gasteiger partial charge in [0.1, 0.15) is 0 Å². The minimum Gasteiger partial charge on any atom is -0.376 e. The Balaban J connectivity index is 2.20. The first-order valence-electron chi connectivity index (χ1n) is 7.94. The molecule has 0 aliphatic rings. The molecule has 4 heteroatoms. The molecule has 0 radical (unpaired) electrons. The van der Waals surface area contributed by atoms with Crippen LogP contribution in [0.25, 0.3) is 0 Å². The van der Waals surface area contributed by atoms with Gasteiger partial charge in [-0.2, -0.15) is 0 Å². The molecule has 0 fully saturated rings. The summed E-state index contributed by atoms with van der Waals surface area (Å²) in [6.45, 7) is 12.5. The number of anilines is 1. The Hall–Kier alpha value is -1.74. The number of carbonyl (C=O) groups excluding carboxylic acids is 1. The highest BCUT2D eigenvalue weighted by Gasteiger charge is 2.17. The Morgan fingerprint density at radius 1 is 1.17 bits per heavy atom. The average Bonchev–Trinajstić information content (AvgIpc) is 2.72. The normalized spacial score (nSPS) is 11.1. The van der Waals surface area contributed by atoms with Gasteiger partial charge in [-0.3, -0.25) is 4.79 Å². The summed E-state index contributed by atoms with van der Waals surface area (Å²) in [5.41, 5.74) is 5.93. The van der Waals surface area contributed by atoms with E-state index in [2.05, 4.69) is 29.8 Å². The minimum atomic E-state index is 0.0843. The van der Waals surface area contributed by atoms with Crippen LogP contribution < -0.4 is 5.32 Å². The lowest BCUT2D eigenvalue weighted by Gasteiger charge is -2.14. The number of aryl methyl sites for hydroxylation is 3. The summed E-state index contributed by atoms with van der Waals surface area (Å²) in [6.07, 6.45) is 0. The molecular formula is C19H25ClN2O. The molecule has 0 bridgehead atoms. The lowest BCUT2D eigenvalue weighted by molar-refractivity contribution is 0.101. The van der Waals surface area contributed by atoms with E-state index in [1.165, 1.54) is 0 Å². The van der Waals surface area contributed by atoms with Gasteiger partial charge >= 0.3 is 0 Å². The zero-order chi connectivity index (χ0) is 17.3. The van der Waals surface area contributed by atoms with Gasteiger partial charge in [0.05, 0.1) is 17.3 Å². The molecular weight excluding hydrogens is 308 g/mol. The molecule has 0 aliphatic carbocycles. The third-order valence-electron chi connectivity index (χ3n) is 4.16. The second-order valence-corrected chi connectivity index (χ2v) is 6.87. The SMILES string of the molecule is Cc1cc(C)c(NCC(=O)c2cc(C)n(C(C)C)c2C)c(Cl)c1. The van der Waals surface area contributed by atoms with Crippen molar-refractivity contribution in [1.29, 1.82) is 0 Å². The van der Waals surface area contributed by atoms with Gasteiger partial charge < -0.3 is 9.88 Å². The summed E-state index contributed by atoms with van der Waals surface area (Å²) in [7, 11) is 0. The molecule has 1 aromatic heterocycles. The third kappa shape index (κ3) is 3.61. The summed E-state index contributed by atoms with van der Waals surface area (Å²) in [6, 6.07) is 6.29. The molecule has 0 spiro atoms. The highest BCUT2D eigenvalue weighted by molar-refractivity contribution is 6.33. The predicted octanol–water partition coefficient (Wildman–Crippen LogP) is 5.25. The van der Waals surface area contributed by atoms with Crippen molar-refractivity contribution < 1.29 is 4.79 Å². The number of hydrogen-bond acceptors (Lipinski definition) is 2. The summed E-state index contributed by atoms with van der Waals surface area (Å²) >= 11 is 6.29. The van der Waals surface area contributed by atoms with Gasteiger partial charge in [0.2, 0.25) is 0 Å². The van der Waals surface area contributed by atoms with Crippen molar-refractivity contribution in [3.05, 3.63) is 51.3 Å². The number of carbonyl (C=O) groups is 1. The van der Waals surface area contributed by atoms with Crippen molar-refractivity contribution >= 4 is 23.1 Å². The Morgan fingerprint density at radius 3 is 2.35 bits per heavy atom. The van der Waals surface area contributed by atoms with E-state index in [0.717, 1.165) is 33.8 Å². The zero-order valence-electron chi connectivity index (χ0n) is 14.7. The van der Waals surface area contributed by atoms with Crippen LogP contribution in [0.2, 0.25) is 5.02 Å². The van der Waals surface area contributed by atoms with Crippen LogP contribution in [0.4, 0.5) is 5.69 Å². The summed E-state index contributed by atoms with van der Waals surface area (Å²) < 4.78 is 2.19. The molecule has 3 nitrogen and oxygen atoms in total. The van der Waals surface area contributed by atoms with E-state index in [1.54, 1.807) is 0 Å². The fraction of sp³-hybridized carbons (Fsp3) is 0.421. The standard InChI is InChI=1S/C19H25ClN2O/c1-11(2)22-14(5)9-16(15(22)6)18(23)10-21-19-13(4)7-12(3)8-17(19)20/h7-9,11,21H,10H2,1-6H3. The molecule has 0 atom stereocenters. The lowest BCUT2D eigenvalue weighted by atomic mass is 10.1. The summed E-state index contributed by atoms with van der Waals surface area (Å²) in [4.78, 5) is 12.6. The van der Waals surface area contributed by atoms with Crippen molar-refractivity contribution in [3.8, 4) is 0 Å². The first-order valence-corrected chi connectivity index (χ1v) is 8.32. The first kappa shape index (κ1) is 17.6. The Bertz CT molecular complexity index is 721. The van der Waals surface area contributed by atoms with Crippen molar-refractivity contribution in [2.24, 2.45) is 0 Å². The van der Waals surface area contributed by atoms with E-state index < -0.39 is 0 Å². The quantitative estimate of drug-likeness (QED) is 0.758. The number of ketones is 1. The van der Waals surface area contributed by atoms with Crippen molar-refractivity contribution in [2.45, 2.75) is 47.6 Å². The zero-order valence-corrected chi connectivity index (χ0v) is 15.5. The van der Waals surface area contributed by atoms with Crippen LogP contribution in [0.3, 0.4) is 0 Å². The van der Waals surface area contributed by atoms with Gasteiger partial charge in [0.25, 0.3) is 0 Å². The van der Waals surface area contributed by atoms with Crippen molar-refractivity contribution in [3.63, 3.8) is 0 Å². The molecule has 0 saturated heterocycles. The Kier molecular flexibility index (Phi) is 5.20. The molecule has 1 N–H and O–H groups in total. The number of aromatic nitrogens is 1. The largest absolute Gasteiger partial charge is 0.376 e. The number of benzene rings is 1. The lowest BCUT2D eigenvalue weighted by Crippen LogP contribution is -2.16. The van der Waals surface area contributed by atoms with Gasteiger partial charge in [-0.25, -0.2) is 0 Å². The fourth-order valence-corrected chi connectivity index (χ4v) is 3.65. The number of Topliss-reactive ketones (excluding diaryl/α,β-unsaturated/α-hetero) is 1. The average molecular weight is 333 g/mol. The Morgan fingerprint density at radius 2 is 1.83 bits per heavy atom. The van der Waals surface area contributed by atoms with Crippen LogP contribution >= 0.6 is 11.6 Å². The van der Waals surface area contributed by atoms with Crippen molar-refractivity contribution in [2.75, 3.05) is 11.9 Å². The van der Waals surface area contributed by atoms with Gasteiger partial charge in [-0.1, -0.05) is 17.7 Å². The molecule has 1 heterocycles. The molecule has 124 valence electrons. The van der Waals surface area contributed by atoms with Gasteiger partial charge in [-0.15, -0.1) is 0 Å². The van der Waals surface area contributed by atoms with Gasteiger partial charge in [0, 0.05) is 23.0 Å². The number of halogens is 1. The van der Waals surface area contributed by atoms with E-state index in [4.69, 9.17) is 11.6 Å². The van der Waals surface area contributed by atoms with E-state index in [0.29, 0.717) is 11.1 Å². The third-order valence-corrected chi connectivity index (χ3v) is 4.46. The maximum Gasteiger partial charge on any atom is 0.183 e. The van der Waals surface area contributed by atoms with Crippen LogP contribution in [-0.2, 0) is 0 Å². The Labute approximate surface area is 143 Å². The molecule has 1 aromatic carbocycles. The molecule has 0 saturated carbocycles. The predicted molar refractivity (Wildman–Crippen MR) is 98.0 cm³/mol. The monoisotopic (exact) mass is 332 g/mol. The van der Waals surface area contributed by atoms with E-state index in [-0.39, 0.29) is 12.3 Å². The molecule has 2 rings (SSSR count). The number of hydrogen-bond donors (Lipinski definition) is 1. The number of nitrogens with one attached hydrogen (secondary N) is 1. The number of nitrogens with zero attached hydrogens (tertiary/aromatic N) is 1. The van der Waals surface area contributed by atoms with E-state index in [9.17, 15) is 4.79 Å². The maximum absolute atomic E-state index is 12.6. The summed E-state index contributed by atoms with van der Waals surface area (Å²) in [5, 5.41) is 3.86. The van der Waals surface area contributed by atoms with Crippen LogP contribution in [0.15, 0.2) is 18.2 Å². The van der Waals surface area contributed by atoms with Gasteiger partial charge in [-0.05, 0) is 64.8 Å². The van der Waals surface area contributed by atoms with Crippen molar-refractivity contribution in [1.82, 2.24) is 4.57 Å². The molecule has 23 heavy (non-hydrogen) atoms. The number of rotatable bonds is 5. The first-order chi connectivity index (χ1) is 10.7. The highest BCUT2D eigenvalue weighted by atomic mass is 35.5. The van der Waals surface area contributed by atoms with Crippen LogP contribution in [0.1, 0.15) is 52.8 Å². The molecule has 0 aliphatic heterocycles. The second-order valence-electron chi connectivity index (χ2n) is 6.46. The molecule has 2 aromatic rings. The van der Waals surface area contributed by atoms with E-state index in [1.807, 2.05) is 39.8 Å². The highest BCUT2D eigenvalue weighted by Crippen LogP contribution is 2.27. The van der Waals surface area contributed by atoms with Crippen LogP contribution in [0, 0.1) is 27.7 Å². The maximum atomic E-state index is 12.6. The minimum absolute atomic E-state index is 0.0843.